The molecular formula is C11H10N2OS. The van der Waals surface area contributed by atoms with Crippen molar-refractivity contribution in [1.82, 2.24) is 9.97 Å². The summed E-state index contributed by atoms with van der Waals surface area (Å²) in [6.45, 7) is 0.0658. The fraction of sp³-hybridized carbons (Fsp3) is 0.0909. The number of aliphatic hydroxyl groups is 1. The molecule has 3 nitrogen and oxygen atoms in total. The van der Waals surface area contributed by atoms with Crippen LogP contribution in [0.15, 0.2) is 36.1 Å². The molecule has 0 saturated carbocycles. The molecule has 0 aliphatic carbocycles. The van der Waals surface area contributed by atoms with E-state index in [4.69, 9.17) is 5.11 Å². The molecule has 2 aromatic rings. The van der Waals surface area contributed by atoms with Crippen LogP contribution in [-0.4, -0.2) is 21.7 Å². The fourth-order valence-corrected chi connectivity index (χ4v) is 2.03. The van der Waals surface area contributed by atoms with Crippen molar-refractivity contribution in [3.8, 4) is 10.6 Å². The Morgan fingerprint density at radius 1 is 1.40 bits per heavy atom. The highest BCUT2D eigenvalue weighted by molar-refractivity contribution is 7.13. The second kappa shape index (κ2) is 4.82. The number of hydrogen-bond donors (Lipinski definition) is 1. The van der Waals surface area contributed by atoms with E-state index in [-0.39, 0.29) is 6.61 Å². The number of aliphatic hydroxyl groups excluding tert-OH is 1. The number of nitrogens with zero attached hydrogens (tertiary/aromatic N) is 2. The van der Waals surface area contributed by atoms with E-state index in [0.717, 1.165) is 16.1 Å². The van der Waals surface area contributed by atoms with Gasteiger partial charge in [-0.3, -0.25) is 9.97 Å². The van der Waals surface area contributed by atoms with Crippen LogP contribution < -0.4 is 0 Å². The summed E-state index contributed by atoms with van der Waals surface area (Å²) in [5, 5.41) is 10.7. The van der Waals surface area contributed by atoms with Crippen LogP contribution in [0.4, 0.5) is 0 Å². The minimum Gasteiger partial charge on any atom is -0.392 e. The van der Waals surface area contributed by atoms with Gasteiger partial charge in [0.25, 0.3) is 0 Å². The smallest absolute Gasteiger partial charge is 0.0984 e. The fourth-order valence-electron chi connectivity index (χ4n) is 1.19. The Bertz CT molecular complexity index is 451. The van der Waals surface area contributed by atoms with Crippen LogP contribution in [0.5, 0.6) is 0 Å². The lowest BCUT2D eigenvalue weighted by atomic mass is 10.2. The van der Waals surface area contributed by atoms with Crippen LogP contribution >= 0.6 is 11.3 Å². The molecule has 0 saturated heterocycles. The molecule has 0 spiro atoms. The molecule has 0 amide bonds. The zero-order valence-electron chi connectivity index (χ0n) is 8.00. The Morgan fingerprint density at radius 3 is 3.07 bits per heavy atom. The van der Waals surface area contributed by atoms with E-state index in [1.165, 1.54) is 0 Å². The van der Waals surface area contributed by atoms with Gasteiger partial charge in [-0.15, -0.1) is 11.3 Å². The van der Waals surface area contributed by atoms with Crippen molar-refractivity contribution in [1.29, 1.82) is 0 Å². The molecule has 1 N–H and O–H groups in total. The first-order valence-electron chi connectivity index (χ1n) is 4.52. The molecule has 15 heavy (non-hydrogen) atoms. The molecule has 2 rings (SSSR count). The third kappa shape index (κ3) is 2.49. The number of hydrogen-bond acceptors (Lipinski definition) is 4. The summed E-state index contributed by atoms with van der Waals surface area (Å²) in [6, 6.07) is 2.03. The Balaban J connectivity index is 2.24. The van der Waals surface area contributed by atoms with E-state index in [2.05, 4.69) is 9.97 Å². The van der Waals surface area contributed by atoms with Gasteiger partial charge in [-0.25, -0.2) is 0 Å². The van der Waals surface area contributed by atoms with Crippen molar-refractivity contribution in [2.45, 2.75) is 0 Å². The highest BCUT2D eigenvalue weighted by atomic mass is 32.1. The summed E-state index contributed by atoms with van der Waals surface area (Å²) in [4.78, 5) is 9.32. The molecule has 0 aliphatic heterocycles. The predicted octanol–water partition coefficient (Wildman–Crippen LogP) is 2.21. The lowest BCUT2D eigenvalue weighted by molar-refractivity contribution is 0.343. The maximum atomic E-state index is 8.65. The van der Waals surface area contributed by atoms with E-state index in [0.29, 0.717) is 0 Å². The highest BCUT2D eigenvalue weighted by Crippen LogP contribution is 2.25. The third-order valence-corrected chi connectivity index (χ3v) is 2.82. The molecule has 0 radical (unpaired) electrons. The van der Waals surface area contributed by atoms with E-state index < -0.39 is 0 Å². The minimum absolute atomic E-state index is 0.0658. The summed E-state index contributed by atoms with van der Waals surface area (Å²) < 4.78 is 0. The van der Waals surface area contributed by atoms with Gasteiger partial charge in [0, 0.05) is 12.4 Å². The summed E-state index contributed by atoms with van der Waals surface area (Å²) in [5.74, 6) is 0. The van der Waals surface area contributed by atoms with Crippen molar-refractivity contribution in [2.75, 3.05) is 6.61 Å². The lowest BCUT2D eigenvalue weighted by Gasteiger charge is -1.92. The maximum Gasteiger partial charge on any atom is 0.0984 e. The molecular weight excluding hydrogens is 208 g/mol. The molecule has 0 atom stereocenters. The molecule has 0 unspecified atom stereocenters. The van der Waals surface area contributed by atoms with Crippen LogP contribution in [0.25, 0.3) is 16.6 Å². The van der Waals surface area contributed by atoms with Crippen molar-refractivity contribution in [2.24, 2.45) is 0 Å². The van der Waals surface area contributed by atoms with Crippen LogP contribution in [0.1, 0.15) is 5.56 Å². The lowest BCUT2D eigenvalue weighted by Crippen LogP contribution is -1.79. The molecule has 0 aromatic carbocycles. The standard InChI is InChI=1S/C11H10N2OS/c14-5-1-2-9-6-11(15-8-9)10-7-12-3-4-13-10/h1-4,6-8,14H,5H2/b2-1+. The van der Waals surface area contributed by atoms with Gasteiger partial charge in [-0.05, 0) is 17.0 Å². The normalized spacial score (nSPS) is 11.0. The van der Waals surface area contributed by atoms with Gasteiger partial charge in [-0.1, -0.05) is 12.2 Å². The quantitative estimate of drug-likeness (QED) is 0.859. The summed E-state index contributed by atoms with van der Waals surface area (Å²) in [6.07, 6.45) is 8.67. The van der Waals surface area contributed by atoms with Gasteiger partial charge in [0.2, 0.25) is 0 Å². The van der Waals surface area contributed by atoms with Crippen molar-refractivity contribution in [3.05, 3.63) is 41.7 Å². The zero-order chi connectivity index (χ0) is 10.5. The van der Waals surface area contributed by atoms with Crippen LogP contribution in [-0.2, 0) is 0 Å². The minimum atomic E-state index is 0.0658. The molecule has 4 heteroatoms. The monoisotopic (exact) mass is 218 g/mol. The largest absolute Gasteiger partial charge is 0.392 e. The van der Waals surface area contributed by atoms with E-state index in [1.807, 2.05) is 17.5 Å². The number of aromatic nitrogens is 2. The summed E-state index contributed by atoms with van der Waals surface area (Å²) >= 11 is 1.62. The average Bonchev–Trinajstić information content (AvgIpc) is 2.76. The van der Waals surface area contributed by atoms with E-state index in [1.54, 1.807) is 36.0 Å². The van der Waals surface area contributed by atoms with Gasteiger partial charge in [0.05, 0.1) is 23.4 Å². The Kier molecular flexibility index (Phi) is 3.22. The molecule has 2 heterocycles. The molecule has 0 fully saturated rings. The number of thiophene rings is 1. The van der Waals surface area contributed by atoms with Crippen molar-refractivity contribution in [3.63, 3.8) is 0 Å². The van der Waals surface area contributed by atoms with Crippen LogP contribution in [0.3, 0.4) is 0 Å². The third-order valence-electron chi connectivity index (χ3n) is 1.85. The van der Waals surface area contributed by atoms with Crippen LogP contribution in [0, 0.1) is 0 Å². The molecule has 2 aromatic heterocycles. The zero-order valence-corrected chi connectivity index (χ0v) is 8.81. The van der Waals surface area contributed by atoms with Crippen molar-refractivity contribution >= 4 is 17.4 Å². The van der Waals surface area contributed by atoms with Crippen molar-refractivity contribution < 1.29 is 5.11 Å². The molecule has 0 aliphatic rings. The van der Waals surface area contributed by atoms with Gasteiger partial charge in [0.1, 0.15) is 0 Å². The SMILES string of the molecule is OC/C=C/c1csc(-c2cnccn2)c1. The summed E-state index contributed by atoms with van der Waals surface area (Å²) in [5.41, 5.74) is 1.96. The number of rotatable bonds is 3. The van der Waals surface area contributed by atoms with Gasteiger partial charge in [-0.2, -0.15) is 0 Å². The highest BCUT2D eigenvalue weighted by Gasteiger charge is 2.01. The van der Waals surface area contributed by atoms with Crippen LogP contribution in [0.2, 0.25) is 0 Å². The molecule has 0 bridgehead atoms. The van der Waals surface area contributed by atoms with Gasteiger partial charge in [0.15, 0.2) is 0 Å². The van der Waals surface area contributed by atoms with E-state index >= 15 is 0 Å². The first kappa shape index (κ1) is 10.0. The van der Waals surface area contributed by atoms with Gasteiger partial charge >= 0.3 is 0 Å². The predicted molar refractivity (Wildman–Crippen MR) is 61.5 cm³/mol. The Morgan fingerprint density at radius 2 is 2.33 bits per heavy atom. The average molecular weight is 218 g/mol. The second-order valence-electron chi connectivity index (χ2n) is 2.92. The van der Waals surface area contributed by atoms with Gasteiger partial charge < -0.3 is 5.11 Å². The first-order valence-corrected chi connectivity index (χ1v) is 5.40. The topological polar surface area (TPSA) is 46.0 Å². The Hall–Kier alpha value is -1.52. The summed E-state index contributed by atoms with van der Waals surface area (Å²) in [7, 11) is 0. The van der Waals surface area contributed by atoms with E-state index in [9.17, 15) is 0 Å². The first-order chi connectivity index (χ1) is 7.40. The Labute approximate surface area is 91.8 Å². The second-order valence-corrected chi connectivity index (χ2v) is 3.83. The maximum absolute atomic E-state index is 8.65. The molecule has 76 valence electrons.